The van der Waals surface area contributed by atoms with E-state index < -0.39 is 0 Å². The zero-order valence-corrected chi connectivity index (χ0v) is 14.8. The van der Waals surface area contributed by atoms with Crippen molar-refractivity contribution < 1.29 is 14.7 Å². The minimum absolute atomic E-state index is 0.0525. The van der Waals surface area contributed by atoms with Crippen molar-refractivity contribution in [1.29, 1.82) is 0 Å². The molecule has 0 aromatic heterocycles. The predicted octanol–water partition coefficient (Wildman–Crippen LogP) is 3.62. The standard InChI is InChI=1S/C21H28O3/c1-20-9-7-14(23)11-13(20)3-4-15-16-5-6-18(19(24)12-22)21(16,2)10-8-17(15)20/h6,11,15-17,22H,3-5,7-10,12H2,1-2H3/t15-,16+,17+,20+,21-/m0/s1. The number of Topliss-reactive ketones (excluding diaryl/α,β-unsaturated/α-hetero) is 1. The number of rotatable bonds is 2. The average Bonchev–Trinajstić information content (AvgIpc) is 2.92. The maximum absolute atomic E-state index is 12.2. The van der Waals surface area contributed by atoms with Gasteiger partial charge in [0.2, 0.25) is 0 Å². The van der Waals surface area contributed by atoms with Gasteiger partial charge in [0.15, 0.2) is 11.6 Å². The summed E-state index contributed by atoms with van der Waals surface area (Å²) in [4.78, 5) is 24.1. The molecule has 4 aliphatic rings. The van der Waals surface area contributed by atoms with E-state index in [9.17, 15) is 14.7 Å². The molecule has 0 aromatic carbocycles. The Labute approximate surface area is 144 Å². The smallest absolute Gasteiger partial charge is 0.184 e. The van der Waals surface area contributed by atoms with Crippen molar-refractivity contribution >= 4 is 11.6 Å². The second-order valence-corrected chi connectivity index (χ2v) is 8.86. The quantitative estimate of drug-likeness (QED) is 0.842. The van der Waals surface area contributed by atoms with Crippen molar-refractivity contribution in [3.05, 3.63) is 23.3 Å². The van der Waals surface area contributed by atoms with Crippen LogP contribution in [-0.2, 0) is 9.59 Å². The zero-order valence-electron chi connectivity index (χ0n) is 14.8. The Morgan fingerprint density at radius 1 is 1.17 bits per heavy atom. The number of allylic oxidation sites excluding steroid dienone is 3. The monoisotopic (exact) mass is 328 g/mol. The number of carbonyl (C=O) groups excluding carboxylic acids is 2. The molecule has 0 amide bonds. The van der Waals surface area contributed by atoms with Crippen LogP contribution in [0.25, 0.3) is 0 Å². The summed E-state index contributed by atoms with van der Waals surface area (Å²) in [6, 6.07) is 0. The number of aliphatic hydroxyl groups is 1. The highest BCUT2D eigenvalue weighted by Gasteiger charge is 2.57. The second kappa shape index (κ2) is 5.39. The van der Waals surface area contributed by atoms with Crippen LogP contribution in [0, 0.1) is 28.6 Å². The Morgan fingerprint density at radius 2 is 1.96 bits per heavy atom. The molecule has 3 nitrogen and oxygen atoms in total. The predicted molar refractivity (Wildman–Crippen MR) is 92.3 cm³/mol. The van der Waals surface area contributed by atoms with Crippen molar-refractivity contribution in [1.82, 2.24) is 0 Å². The molecule has 3 heteroatoms. The summed E-state index contributed by atoms with van der Waals surface area (Å²) < 4.78 is 0. The maximum Gasteiger partial charge on any atom is 0.184 e. The molecule has 0 bridgehead atoms. The van der Waals surface area contributed by atoms with E-state index in [-0.39, 0.29) is 23.2 Å². The van der Waals surface area contributed by atoms with Gasteiger partial charge in [-0.1, -0.05) is 25.5 Å². The summed E-state index contributed by atoms with van der Waals surface area (Å²) in [6.45, 7) is 4.26. The van der Waals surface area contributed by atoms with Crippen LogP contribution in [0.3, 0.4) is 0 Å². The number of aliphatic hydroxyl groups excluding tert-OH is 1. The van der Waals surface area contributed by atoms with Gasteiger partial charge >= 0.3 is 0 Å². The number of carbonyl (C=O) groups is 2. The molecule has 5 atom stereocenters. The molecule has 0 heterocycles. The first-order valence-corrected chi connectivity index (χ1v) is 9.49. The van der Waals surface area contributed by atoms with Gasteiger partial charge in [-0.2, -0.15) is 0 Å². The molecule has 4 aliphatic carbocycles. The Balaban J connectivity index is 1.66. The van der Waals surface area contributed by atoms with E-state index in [1.165, 1.54) is 5.57 Å². The van der Waals surface area contributed by atoms with Gasteiger partial charge in [0.1, 0.15) is 6.61 Å². The van der Waals surface area contributed by atoms with Gasteiger partial charge in [0.25, 0.3) is 0 Å². The zero-order chi connectivity index (χ0) is 17.1. The Kier molecular flexibility index (Phi) is 3.65. The number of hydrogen-bond donors (Lipinski definition) is 1. The lowest BCUT2D eigenvalue weighted by molar-refractivity contribution is -0.121. The largest absolute Gasteiger partial charge is 0.388 e. The summed E-state index contributed by atoms with van der Waals surface area (Å²) >= 11 is 0. The van der Waals surface area contributed by atoms with E-state index in [0.29, 0.717) is 30.0 Å². The summed E-state index contributed by atoms with van der Waals surface area (Å²) in [5.74, 6) is 2.03. The van der Waals surface area contributed by atoms with Gasteiger partial charge in [-0.3, -0.25) is 9.59 Å². The maximum atomic E-state index is 12.2. The van der Waals surface area contributed by atoms with Gasteiger partial charge in [-0.05, 0) is 78.8 Å². The SMILES string of the molecule is C[C@@]12CCC(=O)C=C1CC[C@@H]1[C@H]2CC[C@]2(C)C(C(=O)CO)=CC[C@H]12. The average molecular weight is 328 g/mol. The number of fused-ring (bicyclic) bond motifs is 5. The molecule has 4 rings (SSSR count). The van der Waals surface area contributed by atoms with E-state index in [0.717, 1.165) is 44.1 Å². The fourth-order valence-electron chi connectivity index (χ4n) is 6.64. The Hall–Kier alpha value is -1.22. The lowest BCUT2D eigenvalue weighted by Crippen LogP contribution is -2.50. The topological polar surface area (TPSA) is 54.4 Å². The second-order valence-electron chi connectivity index (χ2n) is 8.86. The lowest BCUT2D eigenvalue weighted by atomic mass is 9.47. The van der Waals surface area contributed by atoms with E-state index in [4.69, 9.17) is 0 Å². The van der Waals surface area contributed by atoms with Crippen LogP contribution in [-0.4, -0.2) is 23.3 Å². The molecule has 0 aromatic rings. The highest BCUT2D eigenvalue weighted by Crippen LogP contribution is 2.65. The third-order valence-corrected chi connectivity index (χ3v) is 7.99. The van der Waals surface area contributed by atoms with Crippen LogP contribution in [0.1, 0.15) is 58.8 Å². The molecule has 0 spiro atoms. The molecule has 24 heavy (non-hydrogen) atoms. The van der Waals surface area contributed by atoms with E-state index in [1.54, 1.807) is 0 Å². The minimum Gasteiger partial charge on any atom is -0.388 e. The van der Waals surface area contributed by atoms with Crippen molar-refractivity contribution in [2.24, 2.45) is 28.6 Å². The van der Waals surface area contributed by atoms with Crippen LogP contribution in [0.4, 0.5) is 0 Å². The number of hydrogen-bond acceptors (Lipinski definition) is 3. The molecule has 0 saturated heterocycles. The highest BCUT2D eigenvalue weighted by atomic mass is 16.3. The molecule has 130 valence electrons. The summed E-state index contributed by atoms with van der Waals surface area (Å²) in [7, 11) is 0. The van der Waals surface area contributed by atoms with Crippen LogP contribution >= 0.6 is 0 Å². The third kappa shape index (κ3) is 2.06. The van der Waals surface area contributed by atoms with Crippen molar-refractivity contribution in [3.63, 3.8) is 0 Å². The molecular formula is C21H28O3. The Morgan fingerprint density at radius 3 is 2.71 bits per heavy atom. The van der Waals surface area contributed by atoms with Crippen LogP contribution in [0.5, 0.6) is 0 Å². The van der Waals surface area contributed by atoms with Gasteiger partial charge in [-0.25, -0.2) is 0 Å². The van der Waals surface area contributed by atoms with Crippen molar-refractivity contribution in [3.8, 4) is 0 Å². The van der Waals surface area contributed by atoms with Gasteiger partial charge in [0, 0.05) is 6.42 Å². The van der Waals surface area contributed by atoms with E-state index in [2.05, 4.69) is 19.9 Å². The van der Waals surface area contributed by atoms with Crippen LogP contribution in [0.2, 0.25) is 0 Å². The molecule has 2 fully saturated rings. The van der Waals surface area contributed by atoms with Crippen LogP contribution < -0.4 is 0 Å². The molecule has 2 saturated carbocycles. The van der Waals surface area contributed by atoms with Crippen molar-refractivity contribution in [2.45, 2.75) is 58.8 Å². The normalized spacial score (nSPS) is 44.1. The van der Waals surface area contributed by atoms with Gasteiger partial charge < -0.3 is 5.11 Å². The molecule has 1 N–H and O–H groups in total. The summed E-state index contributed by atoms with van der Waals surface area (Å²) in [6.07, 6.45) is 11.1. The first-order valence-electron chi connectivity index (χ1n) is 9.49. The summed E-state index contributed by atoms with van der Waals surface area (Å²) in [5.41, 5.74) is 2.41. The van der Waals surface area contributed by atoms with Gasteiger partial charge in [0.05, 0.1) is 0 Å². The molecular weight excluding hydrogens is 300 g/mol. The highest BCUT2D eigenvalue weighted by molar-refractivity contribution is 5.98. The fraction of sp³-hybridized carbons (Fsp3) is 0.714. The van der Waals surface area contributed by atoms with E-state index >= 15 is 0 Å². The van der Waals surface area contributed by atoms with E-state index in [1.807, 2.05) is 6.08 Å². The summed E-state index contributed by atoms with van der Waals surface area (Å²) in [5, 5.41) is 9.32. The first-order chi connectivity index (χ1) is 11.4. The number of ketones is 2. The fourth-order valence-corrected chi connectivity index (χ4v) is 6.64. The van der Waals surface area contributed by atoms with Crippen LogP contribution in [0.15, 0.2) is 23.3 Å². The first kappa shape index (κ1) is 16.3. The minimum atomic E-state index is -0.366. The molecule has 0 aliphatic heterocycles. The van der Waals surface area contributed by atoms with Gasteiger partial charge in [-0.15, -0.1) is 0 Å². The lowest BCUT2D eigenvalue weighted by Gasteiger charge is -2.57. The molecule has 0 radical (unpaired) electrons. The van der Waals surface area contributed by atoms with Crippen molar-refractivity contribution in [2.75, 3.05) is 6.61 Å². The third-order valence-electron chi connectivity index (χ3n) is 7.99. The Bertz CT molecular complexity index is 658. The molecule has 0 unspecified atom stereocenters.